The van der Waals surface area contributed by atoms with Gasteiger partial charge in [0.25, 0.3) is 0 Å². The van der Waals surface area contributed by atoms with E-state index in [-0.39, 0.29) is 0 Å². The van der Waals surface area contributed by atoms with Gasteiger partial charge in [0.2, 0.25) is 0 Å². The average molecular weight is 255 g/mol. The molecule has 19 heavy (non-hydrogen) atoms. The van der Waals surface area contributed by atoms with Gasteiger partial charge in [0.1, 0.15) is 0 Å². The minimum atomic E-state index is 0.353. The lowest BCUT2D eigenvalue weighted by Crippen LogP contribution is -2.30. The van der Waals surface area contributed by atoms with Crippen molar-refractivity contribution in [1.29, 1.82) is 0 Å². The first kappa shape index (κ1) is 13.8. The topological polar surface area (TPSA) is 21.3 Å². The van der Waals surface area contributed by atoms with Gasteiger partial charge in [-0.05, 0) is 24.0 Å². The van der Waals surface area contributed by atoms with E-state index < -0.39 is 0 Å². The minimum absolute atomic E-state index is 0.353. The minimum Gasteiger partial charge on any atom is -0.297 e. The van der Waals surface area contributed by atoms with Crippen LogP contribution in [0, 0.1) is 0 Å². The van der Waals surface area contributed by atoms with Gasteiger partial charge >= 0.3 is 0 Å². The Kier molecular flexibility index (Phi) is 5.60. The lowest BCUT2D eigenvalue weighted by Gasteiger charge is -2.16. The SMILES string of the molecule is CC[C@H](Cc1ccccc1)NOCc1ccccc1. The van der Waals surface area contributed by atoms with Crippen LogP contribution in [0.3, 0.4) is 0 Å². The first-order valence-electron chi connectivity index (χ1n) is 6.83. The van der Waals surface area contributed by atoms with E-state index in [1.165, 1.54) is 11.1 Å². The first-order chi connectivity index (χ1) is 9.38. The molecule has 1 N–H and O–H groups in total. The molecule has 0 heterocycles. The largest absolute Gasteiger partial charge is 0.297 e. The van der Waals surface area contributed by atoms with Gasteiger partial charge in [-0.3, -0.25) is 4.84 Å². The van der Waals surface area contributed by atoms with Crippen LogP contribution < -0.4 is 5.48 Å². The third kappa shape index (κ3) is 4.86. The second kappa shape index (κ2) is 7.72. The summed E-state index contributed by atoms with van der Waals surface area (Å²) < 4.78 is 0. The van der Waals surface area contributed by atoms with Crippen LogP contribution in [-0.2, 0) is 17.9 Å². The smallest absolute Gasteiger partial charge is 0.0933 e. The van der Waals surface area contributed by atoms with E-state index in [2.05, 4.69) is 48.8 Å². The number of benzene rings is 2. The highest BCUT2D eigenvalue weighted by atomic mass is 16.6. The van der Waals surface area contributed by atoms with E-state index in [0.717, 1.165) is 12.8 Å². The zero-order chi connectivity index (χ0) is 13.3. The van der Waals surface area contributed by atoms with Crippen molar-refractivity contribution in [2.24, 2.45) is 0 Å². The highest BCUT2D eigenvalue weighted by molar-refractivity contribution is 5.16. The third-order valence-electron chi connectivity index (χ3n) is 3.15. The standard InChI is InChI=1S/C17H21NO/c1-2-17(13-15-9-5-3-6-10-15)18-19-14-16-11-7-4-8-12-16/h3-12,17-18H,2,13-14H2,1H3/t17-/m1/s1. The summed E-state index contributed by atoms with van der Waals surface area (Å²) in [5, 5.41) is 0. The van der Waals surface area contributed by atoms with Crippen LogP contribution in [0.4, 0.5) is 0 Å². The fraction of sp³-hybridized carbons (Fsp3) is 0.294. The van der Waals surface area contributed by atoms with Crippen molar-refractivity contribution in [3.05, 3.63) is 71.8 Å². The molecule has 0 spiro atoms. The Balaban J connectivity index is 1.77. The summed E-state index contributed by atoms with van der Waals surface area (Å²) >= 11 is 0. The lowest BCUT2D eigenvalue weighted by molar-refractivity contribution is 0.00277. The molecule has 0 bridgehead atoms. The zero-order valence-corrected chi connectivity index (χ0v) is 11.4. The van der Waals surface area contributed by atoms with Gasteiger partial charge in [-0.15, -0.1) is 0 Å². The van der Waals surface area contributed by atoms with Crippen molar-refractivity contribution in [3.63, 3.8) is 0 Å². The molecule has 0 aliphatic rings. The van der Waals surface area contributed by atoms with E-state index in [1.807, 2.05) is 24.3 Å². The Morgan fingerprint density at radius 2 is 1.47 bits per heavy atom. The molecule has 0 aliphatic heterocycles. The van der Waals surface area contributed by atoms with Crippen LogP contribution in [-0.4, -0.2) is 6.04 Å². The highest BCUT2D eigenvalue weighted by Gasteiger charge is 2.06. The Labute approximate surface area is 115 Å². The van der Waals surface area contributed by atoms with Crippen molar-refractivity contribution in [2.45, 2.75) is 32.4 Å². The molecule has 2 heteroatoms. The molecule has 2 nitrogen and oxygen atoms in total. The maximum atomic E-state index is 5.59. The fourth-order valence-corrected chi connectivity index (χ4v) is 1.99. The van der Waals surface area contributed by atoms with E-state index in [9.17, 15) is 0 Å². The molecule has 1 atom stereocenters. The number of hydrogen-bond donors (Lipinski definition) is 1. The molecule has 0 saturated heterocycles. The van der Waals surface area contributed by atoms with Crippen molar-refractivity contribution in [2.75, 3.05) is 0 Å². The maximum absolute atomic E-state index is 5.59. The van der Waals surface area contributed by atoms with E-state index in [4.69, 9.17) is 4.84 Å². The van der Waals surface area contributed by atoms with Crippen LogP contribution in [0.5, 0.6) is 0 Å². The monoisotopic (exact) mass is 255 g/mol. The average Bonchev–Trinajstić information content (AvgIpc) is 2.48. The van der Waals surface area contributed by atoms with Gasteiger partial charge in [-0.1, -0.05) is 67.6 Å². The second-order valence-electron chi connectivity index (χ2n) is 4.69. The van der Waals surface area contributed by atoms with E-state index >= 15 is 0 Å². The van der Waals surface area contributed by atoms with E-state index in [1.54, 1.807) is 0 Å². The molecule has 0 aliphatic carbocycles. The van der Waals surface area contributed by atoms with Crippen LogP contribution in [0.25, 0.3) is 0 Å². The molecule has 2 aromatic carbocycles. The van der Waals surface area contributed by atoms with Crippen LogP contribution in [0.15, 0.2) is 60.7 Å². The fourth-order valence-electron chi connectivity index (χ4n) is 1.99. The number of rotatable bonds is 7. The second-order valence-corrected chi connectivity index (χ2v) is 4.69. The van der Waals surface area contributed by atoms with Crippen molar-refractivity contribution >= 4 is 0 Å². The predicted octanol–water partition coefficient (Wildman–Crippen LogP) is 3.73. The number of nitrogens with one attached hydrogen (secondary N) is 1. The molecule has 0 aromatic heterocycles. The summed E-state index contributed by atoms with van der Waals surface area (Å²) in [5.41, 5.74) is 5.69. The summed E-state index contributed by atoms with van der Waals surface area (Å²) in [6.07, 6.45) is 2.04. The number of hydroxylamine groups is 1. The van der Waals surface area contributed by atoms with Crippen LogP contribution >= 0.6 is 0 Å². The summed E-state index contributed by atoms with van der Waals surface area (Å²) in [5.74, 6) is 0. The summed E-state index contributed by atoms with van der Waals surface area (Å²) in [7, 11) is 0. The van der Waals surface area contributed by atoms with E-state index in [0.29, 0.717) is 12.6 Å². The Bertz CT molecular complexity index is 455. The van der Waals surface area contributed by atoms with Gasteiger partial charge in [0, 0.05) is 6.04 Å². The van der Waals surface area contributed by atoms with Crippen molar-refractivity contribution in [1.82, 2.24) is 5.48 Å². The molecule has 0 saturated carbocycles. The molecular weight excluding hydrogens is 234 g/mol. The van der Waals surface area contributed by atoms with Crippen molar-refractivity contribution in [3.8, 4) is 0 Å². The molecule has 0 unspecified atom stereocenters. The molecular formula is C17H21NO. The Hall–Kier alpha value is -1.64. The Morgan fingerprint density at radius 1 is 0.895 bits per heavy atom. The summed E-state index contributed by atoms with van der Waals surface area (Å²) in [6.45, 7) is 2.78. The molecule has 2 aromatic rings. The lowest BCUT2D eigenvalue weighted by atomic mass is 10.1. The van der Waals surface area contributed by atoms with Crippen LogP contribution in [0.2, 0.25) is 0 Å². The van der Waals surface area contributed by atoms with Gasteiger partial charge in [0.15, 0.2) is 0 Å². The molecule has 0 fully saturated rings. The molecule has 0 radical (unpaired) electrons. The van der Waals surface area contributed by atoms with Gasteiger partial charge in [-0.2, -0.15) is 5.48 Å². The summed E-state index contributed by atoms with van der Waals surface area (Å²) in [6, 6.07) is 21.1. The van der Waals surface area contributed by atoms with Gasteiger partial charge in [-0.25, -0.2) is 0 Å². The summed E-state index contributed by atoms with van der Waals surface area (Å²) in [4.78, 5) is 5.59. The normalized spacial score (nSPS) is 12.3. The molecule has 0 amide bonds. The highest BCUT2D eigenvalue weighted by Crippen LogP contribution is 2.06. The number of hydrogen-bond acceptors (Lipinski definition) is 2. The Morgan fingerprint density at radius 3 is 2.05 bits per heavy atom. The van der Waals surface area contributed by atoms with Gasteiger partial charge in [0.05, 0.1) is 6.61 Å². The van der Waals surface area contributed by atoms with Crippen molar-refractivity contribution < 1.29 is 4.84 Å². The molecule has 100 valence electrons. The maximum Gasteiger partial charge on any atom is 0.0933 e. The quantitative estimate of drug-likeness (QED) is 0.761. The van der Waals surface area contributed by atoms with Crippen LogP contribution in [0.1, 0.15) is 24.5 Å². The van der Waals surface area contributed by atoms with Gasteiger partial charge < -0.3 is 0 Å². The predicted molar refractivity (Wildman–Crippen MR) is 78.6 cm³/mol. The first-order valence-corrected chi connectivity index (χ1v) is 6.83. The zero-order valence-electron chi connectivity index (χ0n) is 11.4. The third-order valence-corrected chi connectivity index (χ3v) is 3.15. The molecule has 2 rings (SSSR count).